The zero-order valence-electron chi connectivity index (χ0n) is 35.2. The van der Waals surface area contributed by atoms with Crippen LogP contribution in [0.2, 0.25) is 0 Å². The smallest absolute Gasteiger partial charge is 0.0933 e. The number of para-hydroxylation sites is 3. The molecule has 0 aliphatic heterocycles. The molecule has 0 atom stereocenters. The molecule has 61 heavy (non-hydrogen) atoms. The lowest BCUT2D eigenvalue weighted by Gasteiger charge is -2.27. The first-order valence-corrected chi connectivity index (χ1v) is 21.2. The number of hydrogen-bond donors (Lipinski definition) is 0. The molecule has 1 aromatic heterocycles. The van der Waals surface area contributed by atoms with Crippen molar-refractivity contribution in [3.63, 3.8) is 0 Å². The van der Waals surface area contributed by atoms with Crippen LogP contribution in [0.15, 0.2) is 188 Å². The molecule has 1 heterocycles. The van der Waals surface area contributed by atoms with Gasteiger partial charge >= 0.3 is 0 Å². The minimum absolute atomic E-state index is 0.324. The monoisotopic (exact) mass is 786 g/mol. The minimum Gasteiger partial charge on any atom is -0.310 e. The van der Waals surface area contributed by atoms with Gasteiger partial charge in [-0.25, -0.2) is 9.97 Å². The third-order valence-electron chi connectivity index (χ3n) is 13.0. The molecule has 4 heteroatoms. The van der Waals surface area contributed by atoms with Crippen LogP contribution >= 0.6 is 0 Å². The Labute approximate surface area is 358 Å². The molecule has 0 N–H and O–H groups in total. The molecule has 2 aliphatic rings. The van der Waals surface area contributed by atoms with Crippen LogP contribution in [0, 0.1) is 6.92 Å². The molecule has 2 aliphatic carbocycles. The van der Waals surface area contributed by atoms with Crippen molar-refractivity contribution in [2.75, 3.05) is 9.80 Å². The SMILES string of the molecule is Cc1ccc(N(c2ccccc2)c2ccc3c(c2)C(C)(C)c2nc4c(nc2-3)C(C)(C)c2cc(-c3ccc5cc(N(c6ccccc6)c6ccccc6)ccc5c3)ccc2-4)cc1. The molecule has 11 rings (SSSR count). The molecule has 0 unspecified atom stereocenters. The first-order chi connectivity index (χ1) is 29.6. The van der Waals surface area contributed by atoms with Crippen molar-refractivity contribution >= 4 is 44.9 Å². The molecule has 0 spiro atoms. The van der Waals surface area contributed by atoms with Crippen LogP contribution in [0.1, 0.15) is 55.8 Å². The van der Waals surface area contributed by atoms with Crippen molar-refractivity contribution < 1.29 is 0 Å². The maximum absolute atomic E-state index is 5.57. The van der Waals surface area contributed by atoms with Crippen LogP contribution in [0.3, 0.4) is 0 Å². The molecule has 294 valence electrons. The lowest BCUT2D eigenvalue weighted by molar-refractivity contribution is 0.617. The Morgan fingerprint density at radius 1 is 0.361 bits per heavy atom. The molecule has 0 saturated carbocycles. The minimum atomic E-state index is -0.338. The van der Waals surface area contributed by atoms with E-state index in [1.54, 1.807) is 0 Å². The molecular weight excluding hydrogens is 741 g/mol. The van der Waals surface area contributed by atoms with E-state index in [2.05, 4.69) is 232 Å². The van der Waals surface area contributed by atoms with Crippen molar-refractivity contribution in [1.82, 2.24) is 9.97 Å². The van der Waals surface area contributed by atoms with Crippen molar-refractivity contribution in [2.45, 2.75) is 45.4 Å². The van der Waals surface area contributed by atoms with E-state index in [1.165, 1.54) is 49.7 Å². The van der Waals surface area contributed by atoms with E-state index in [1.807, 2.05) is 0 Å². The summed E-state index contributed by atoms with van der Waals surface area (Å²) < 4.78 is 0. The van der Waals surface area contributed by atoms with Gasteiger partial charge in [-0.1, -0.05) is 136 Å². The van der Waals surface area contributed by atoms with Gasteiger partial charge in [0.05, 0.1) is 22.8 Å². The molecule has 0 saturated heterocycles. The van der Waals surface area contributed by atoms with E-state index in [0.29, 0.717) is 0 Å². The van der Waals surface area contributed by atoms with Gasteiger partial charge in [0.25, 0.3) is 0 Å². The molecule has 0 amide bonds. The summed E-state index contributed by atoms with van der Waals surface area (Å²) in [4.78, 5) is 15.8. The lowest BCUT2D eigenvalue weighted by Crippen LogP contribution is -2.20. The topological polar surface area (TPSA) is 32.3 Å². The number of fused-ring (bicyclic) bond motifs is 7. The van der Waals surface area contributed by atoms with Gasteiger partial charge in [-0.2, -0.15) is 0 Å². The summed E-state index contributed by atoms with van der Waals surface area (Å²) in [6, 6.07) is 67.9. The summed E-state index contributed by atoms with van der Waals surface area (Å²) in [5.74, 6) is 0. The third-order valence-corrected chi connectivity index (χ3v) is 13.0. The van der Waals surface area contributed by atoms with Gasteiger partial charge in [0.15, 0.2) is 0 Å². The van der Waals surface area contributed by atoms with Crippen LogP contribution in [-0.2, 0) is 10.8 Å². The predicted molar refractivity (Wildman–Crippen MR) is 254 cm³/mol. The van der Waals surface area contributed by atoms with E-state index in [0.717, 1.165) is 56.9 Å². The molecule has 9 aromatic rings. The number of benzene rings is 8. The van der Waals surface area contributed by atoms with E-state index in [9.17, 15) is 0 Å². The van der Waals surface area contributed by atoms with Crippen molar-refractivity contribution in [2.24, 2.45) is 0 Å². The fourth-order valence-electron chi connectivity index (χ4n) is 9.65. The Balaban J connectivity index is 0.936. The maximum Gasteiger partial charge on any atom is 0.0933 e. The summed E-state index contributed by atoms with van der Waals surface area (Å²) in [6.07, 6.45) is 0. The summed E-state index contributed by atoms with van der Waals surface area (Å²) in [6.45, 7) is 11.3. The second-order valence-electron chi connectivity index (χ2n) is 17.6. The zero-order valence-corrected chi connectivity index (χ0v) is 35.2. The van der Waals surface area contributed by atoms with Gasteiger partial charge < -0.3 is 9.80 Å². The zero-order chi connectivity index (χ0) is 41.5. The highest BCUT2D eigenvalue weighted by atomic mass is 15.1. The van der Waals surface area contributed by atoms with Crippen molar-refractivity contribution in [3.05, 3.63) is 216 Å². The highest BCUT2D eigenvalue weighted by molar-refractivity contribution is 5.93. The Hall–Kier alpha value is -7.30. The number of hydrogen-bond acceptors (Lipinski definition) is 4. The second-order valence-corrected chi connectivity index (χ2v) is 17.6. The van der Waals surface area contributed by atoms with Gasteiger partial charge in [-0.15, -0.1) is 0 Å². The average Bonchev–Trinajstić information content (AvgIpc) is 3.65. The first-order valence-electron chi connectivity index (χ1n) is 21.2. The predicted octanol–water partition coefficient (Wildman–Crippen LogP) is 15.2. The standard InChI is InChI=1S/C57H46N4/c1-37-21-27-45(28-22-37)61(44-19-13-8-14-20-44)47-30-32-49-51(36-47)57(4,5)55-53(49)59-54-52(58-55)48-31-26-41(35-50(48)56(54,2)3)38-23-24-40-34-46(29-25-39(40)33-38)60(42-15-9-6-10-16-42)43-17-11-7-12-18-43/h6-36H,1-5H3. The van der Waals surface area contributed by atoms with E-state index >= 15 is 0 Å². The Bertz CT molecular complexity index is 3090. The Morgan fingerprint density at radius 3 is 1.31 bits per heavy atom. The largest absolute Gasteiger partial charge is 0.310 e. The highest BCUT2D eigenvalue weighted by Gasteiger charge is 2.44. The first kappa shape index (κ1) is 36.8. The molecule has 4 nitrogen and oxygen atoms in total. The summed E-state index contributed by atoms with van der Waals surface area (Å²) in [7, 11) is 0. The number of aromatic nitrogens is 2. The average molecular weight is 787 g/mol. The second kappa shape index (κ2) is 13.9. The summed E-state index contributed by atoms with van der Waals surface area (Å²) in [5.41, 5.74) is 18.7. The van der Waals surface area contributed by atoms with E-state index < -0.39 is 0 Å². The van der Waals surface area contributed by atoms with Gasteiger partial charge in [-0.3, -0.25) is 0 Å². The fraction of sp³-hybridized carbons (Fsp3) is 0.123. The lowest BCUT2D eigenvalue weighted by atomic mass is 9.83. The number of nitrogens with zero attached hydrogens (tertiary/aromatic N) is 4. The maximum atomic E-state index is 5.57. The summed E-state index contributed by atoms with van der Waals surface area (Å²) in [5, 5.41) is 2.41. The van der Waals surface area contributed by atoms with Crippen LogP contribution in [0.5, 0.6) is 0 Å². The van der Waals surface area contributed by atoms with E-state index in [4.69, 9.17) is 9.97 Å². The molecular formula is C57H46N4. The van der Waals surface area contributed by atoms with Gasteiger partial charge in [0.1, 0.15) is 0 Å². The number of aryl methyl sites for hydroxylation is 1. The highest BCUT2D eigenvalue weighted by Crippen LogP contribution is 2.54. The quantitative estimate of drug-likeness (QED) is 0.161. The van der Waals surface area contributed by atoms with Crippen LogP contribution in [0.25, 0.3) is 44.4 Å². The third kappa shape index (κ3) is 5.96. The molecule has 0 radical (unpaired) electrons. The van der Waals surface area contributed by atoms with Gasteiger partial charge in [0.2, 0.25) is 0 Å². The fourth-order valence-corrected chi connectivity index (χ4v) is 9.65. The molecule has 0 bridgehead atoms. The molecule has 0 fully saturated rings. The Kier molecular flexibility index (Phi) is 8.37. The van der Waals surface area contributed by atoms with Gasteiger partial charge in [-0.05, 0) is 125 Å². The van der Waals surface area contributed by atoms with Crippen molar-refractivity contribution in [1.29, 1.82) is 0 Å². The Morgan fingerprint density at radius 2 is 0.754 bits per heavy atom. The van der Waals surface area contributed by atoms with Crippen LogP contribution in [0.4, 0.5) is 34.1 Å². The summed E-state index contributed by atoms with van der Waals surface area (Å²) >= 11 is 0. The number of anilines is 6. The normalized spacial score (nSPS) is 13.9. The number of rotatable bonds is 7. The van der Waals surface area contributed by atoms with Crippen LogP contribution in [-0.4, -0.2) is 9.97 Å². The van der Waals surface area contributed by atoms with Crippen LogP contribution < -0.4 is 9.80 Å². The van der Waals surface area contributed by atoms with Gasteiger partial charge in [0, 0.05) is 56.1 Å². The molecule has 8 aromatic carbocycles. The van der Waals surface area contributed by atoms with E-state index in [-0.39, 0.29) is 10.8 Å². The van der Waals surface area contributed by atoms with Crippen molar-refractivity contribution in [3.8, 4) is 33.6 Å².